The second kappa shape index (κ2) is 6.65. The molecule has 1 aromatic heterocycles. The molecule has 0 saturated carbocycles. The number of benzene rings is 1. The molecule has 0 spiro atoms. The lowest BCUT2D eigenvalue weighted by Crippen LogP contribution is -2.23. The Morgan fingerprint density at radius 1 is 1.25 bits per heavy atom. The Kier molecular flexibility index (Phi) is 4.89. The van der Waals surface area contributed by atoms with E-state index in [1.54, 1.807) is 24.5 Å². The first-order valence-electron chi connectivity index (χ1n) is 6.33. The normalized spacial score (nSPS) is 11.7. The Morgan fingerprint density at radius 3 is 2.60 bits per heavy atom. The van der Waals surface area contributed by atoms with Crippen LogP contribution in [-0.2, 0) is 23.0 Å². The summed E-state index contributed by atoms with van der Waals surface area (Å²) in [5, 5.41) is 3.06. The van der Waals surface area contributed by atoms with Gasteiger partial charge in [-0.1, -0.05) is 12.1 Å². The first-order chi connectivity index (χ1) is 9.62. The van der Waals surface area contributed by atoms with Crippen LogP contribution >= 0.6 is 0 Å². The van der Waals surface area contributed by atoms with E-state index in [9.17, 15) is 8.42 Å². The zero-order valence-electron chi connectivity index (χ0n) is 11.3. The van der Waals surface area contributed by atoms with Gasteiger partial charge >= 0.3 is 0 Å². The number of hydrogen-bond donors (Lipinski definition) is 3. The molecule has 0 fully saturated rings. The number of nitrogens with zero attached hydrogens (tertiary/aromatic N) is 1. The number of hydrogen-bond acceptors (Lipinski definition) is 4. The molecule has 1 aromatic carbocycles. The van der Waals surface area contributed by atoms with Gasteiger partial charge in [-0.15, -0.1) is 0 Å². The van der Waals surface area contributed by atoms with Crippen molar-refractivity contribution >= 4 is 10.0 Å². The Labute approximate surface area is 118 Å². The van der Waals surface area contributed by atoms with Crippen LogP contribution in [0.3, 0.4) is 0 Å². The summed E-state index contributed by atoms with van der Waals surface area (Å²) in [6.07, 6.45) is 4.11. The van der Waals surface area contributed by atoms with Crippen LogP contribution < -0.4 is 10.0 Å². The molecule has 20 heavy (non-hydrogen) atoms. The Hall–Kier alpha value is -1.70. The summed E-state index contributed by atoms with van der Waals surface area (Å²) in [6, 6.07) is 6.91. The van der Waals surface area contributed by atoms with E-state index in [1.807, 2.05) is 19.2 Å². The molecule has 0 bridgehead atoms. The number of H-pyrrole nitrogens is 1. The van der Waals surface area contributed by atoms with Gasteiger partial charge in [0, 0.05) is 12.4 Å². The predicted molar refractivity (Wildman–Crippen MR) is 76.7 cm³/mol. The van der Waals surface area contributed by atoms with Crippen molar-refractivity contribution in [1.29, 1.82) is 0 Å². The molecule has 1 heterocycles. The van der Waals surface area contributed by atoms with Gasteiger partial charge in [0.15, 0.2) is 0 Å². The van der Waals surface area contributed by atoms with E-state index >= 15 is 0 Å². The molecule has 108 valence electrons. The smallest absolute Gasteiger partial charge is 0.240 e. The number of aromatic amines is 1. The van der Waals surface area contributed by atoms with Crippen LogP contribution in [0.15, 0.2) is 41.6 Å². The topological polar surface area (TPSA) is 86.9 Å². The third-order valence-corrected chi connectivity index (χ3v) is 4.30. The lowest BCUT2D eigenvalue weighted by atomic mass is 10.1. The molecule has 2 aromatic rings. The highest BCUT2D eigenvalue weighted by Crippen LogP contribution is 2.11. The summed E-state index contributed by atoms with van der Waals surface area (Å²) in [5.41, 5.74) is 1.10. The quantitative estimate of drug-likeness (QED) is 0.700. The van der Waals surface area contributed by atoms with Crippen LogP contribution in [0.25, 0.3) is 0 Å². The minimum absolute atomic E-state index is 0.150. The zero-order valence-corrected chi connectivity index (χ0v) is 12.1. The molecule has 0 atom stereocenters. The van der Waals surface area contributed by atoms with Crippen LogP contribution in [0, 0.1) is 0 Å². The molecule has 2 rings (SSSR count). The van der Waals surface area contributed by atoms with Crippen LogP contribution in [0.4, 0.5) is 0 Å². The van der Waals surface area contributed by atoms with Crippen molar-refractivity contribution in [2.24, 2.45) is 0 Å². The number of imidazole rings is 1. The van der Waals surface area contributed by atoms with Gasteiger partial charge in [-0.2, -0.15) is 0 Å². The van der Waals surface area contributed by atoms with E-state index in [-0.39, 0.29) is 11.4 Å². The molecule has 0 aliphatic heterocycles. The van der Waals surface area contributed by atoms with E-state index in [0.29, 0.717) is 5.82 Å². The number of likely N-dealkylation sites (N-methyl/N-ethyl adjacent to an activating group) is 1. The third-order valence-electron chi connectivity index (χ3n) is 2.88. The van der Waals surface area contributed by atoms with E-state index < -0.39 is 10.0 Å². The van der Waals surface area contributed by atoms with E-state index in [2.05, 4.69) is 20.0 Å². The highest BCUT2D eigenvalue weighted by Gasteiger charge is 2.13. The molecule has 0 radical (unpaired) electrons. The monoisotopic (exact) mass is 294 g/mol. The lowest BCUT2D eigenvalue weighted by molar-refractivity contribution is 0.579. The SMILES string of the molecule is CNCCc1ccc(S(=O)(=O)NCc2ncc[nH]2)cc1. The van der Waals surface area contributed by atoms with Crippen LogP contribution in [0.5, 0.6) is 0 Å². The summed E-state index contributed by atoms with van der Waals surface area (Å²) >= 11 is 0. The Bertz CT molecular complexity index is 621. The second-order valence-corrected chi connectivity index (χ2v) is 6.12. The summed E-state index contributed by atoms with van der Waals surface area (Å²) in [7, 11) is -1.61. The summed E-state index contributed by atoms with van der Waals surface area (Å²) in [4.78, 5) is 7.08. The zero-order chi connectivity index (χ0) is 14.4. The fourth-order valence-corrected chi connectivity index (χ4v) is 2.73. The van der Waals surface area contributed by atoms with Gasteiger partial charge in [0.1, 0.15) is 5.82 Å². The van der Waals surface area contributed by atoms with Crippen molar-refractivity contribution in [1.82, 2.24) is 20.0 Å². The highest BCUT2D eigenvalue weighted by atomic mass is 32.2. The standard InChI is InChI=1S/C13H18N4O2S/c1-14-7-6-11-2-4-12(5-3-11)20(18,19)17-10-13-15-8-9-16-13/h2-5,8-9,14,17H,6-7,10H2,1H3,(H,15,16). The predicted octanol–water partition coefficient (Wildman–Crippen LogP) is 0.650. The van der Waals surface area contributed by atoms with Gasteiger partial charge in [0.05, 0.1) is 11.4 Å². The molecule has 0 amide bonds. The summed E-state index contributed by atoms with van der Waals surface area (Å²) < 4.78 is 26.7. The first-order valence-corrected chi connectivity index (χ1v) is 7.81. The number of nitrogens with one attached hydrogen (secondary N) is 3. The minimum atomic E-state index is -3.50. The molecule has 0 unspecified atom stereocenters. The van der Waals surface area contributed by atoms with Gasteiger partial charge in [-0.3, -0.25) is 0 Å². The number of aromatic nitrogens is 2. The molecular weight excluding hydrogens is 276 g/mol. The maximum atomic E-state index is 12.1. The largest absolute Gasteiger partial charge is 0.347 e. The number of sulfonamides is 1. The molecule has 7 heteroatoms. The third kappa shape index (κ3) is 3.89. The highest BCUT2D eigenvalue weighted by molar-refractivity contribution is 7.89. The van der Waals surface area contributed by atoms with Crippen LogP contribution in [-0.4, -0.2) is 32.0 Å². The van der Waals surface area contributed by atoms with Crippen molar-refractivity contribution in [3.05, 3.63) is 48.0 Å². The molecule has 0 aliphatic rings. The fraction of sp³-hybridized carbons (Fsp3) is 0.308. The maximum Gasteiger partial charge on any atom is 0.240 e. The molecule has 6 nitrogen and oxygen atoms in total. The van der Waals surface area contributed by atoms with Gasteiger partial charge in [0.2, 0.25) is 10.0 Å². The van der Waals surface area contributed by atoms with Crippen molar-refractivity contribution in [3.8, 4) is 0 Å². The molecule has 0 aliphatic carbocycles. The van der Waals surface area contributed by atoms with Gasteiger partial charge in [-0.25, -0.2) is 18.1 Å². The number of rotatable bonds is 7. The molecule has 3 N–H and O–H groups in total. The second-order valence-electron chi connectivity index (χ2n) is 4.36. The van der Waals surface area contributed by atoms with Gasteiger partial charge < -0.3 is 10.3 Å². The molecule has 0 saturated heterocycles. The van der Waals surface area contributed by atoms with Crippen molar-refractivity contribution in [2.45, 2.75) is 17.9 Å². The van der Waals surface area contributed by atoms with Crippen molar-refractivity contribution < 1.29 is 8.42 Å². The van der Waals surface area contributed by atoms with E-state index in [4.69, 9.17) is 0 Å². The summed E-state index contributed by atoms with van der Waals surface area (Å²) in [6.45, 7) is 1.01. The van der Waals surface area contributed by atoms with E-state index in [1.165, 1.54) is 0 Å². The van der Waals surface area contributed by atoms with Crippen molar-refractivity contribution in [3.63, 3.8) is 0 Å². The van der Waals surface area contributed by atoms with Crippen molar-refractivity contribution in [2.75, 3.05) is 13.6 Å². The average Bonchev–Trinajstić information content (AvgIpc) is 2.97. The van der Waals surface area contributed by atoms with E-state index in [0.717, 1.165) is 18.5 Å². The van der Waals surface area contributed by atoms with Crippen LogP contribution in [0.1, 0.15) is 11.4 Å². The fourth-order valence-electron chi connectivity index (χ4n) is 1.75. The minimum Gasteiger partial charge on any atom is -0.347 e. The average molecular weight is 294 g/mol. The Morgan fingerprint density at radius 2 is 2.00 bits per heavy atom. The maximum absolute atomic E-state index is 12.1. The van der Waals surface area contributed by atoms with Crippen LogP contribution in [0.2, 0.25) is 0 Å². The summed E-state index contributed by atoms with van der Waals surface area (Å²) in [5.74, 6) is 0.583. The first kappa shape index (κ1) is 14.7. The Balaban J connectivity index is 2.01. The molecular formula is C13H18N4O2S. The van der Waals surface area contributed by atoms with Gasteiger partial charge in [-0.05, 0) is 37.7 Å². The van der Waals surface area contributed by atoms with Gasteiger partial charge in [0.25, 0.3) is 0 Å². The lowest BCUT2D eigenvalue weighted by Gasteiger charge is -2.06.